The Morgan fingerprint density at radius 3 is 2.63 bits per heavy atom. The molecule has 1 aliphatic carbocycles. The molecule has 100 valence electrons. The zero-order valence-electron chi connectivity index (χ0n) is 11.5. The van der Waals surface area contributed by atoms with Crippen LogP contribution >= 0.6 is 0 Å². The molecule has 0 amide bonds. The molecular formula is C14H18N4O. The van der Waals surface area contributed by atoms with Gasteiger partial charge in [-0.05, 0) is 45.2 Å². The van der Waals surface area contributed by atoms with Crippen LogP contribution in [0.15, 0.2) is 12.1 Å². The van der Waals surface area contributed by atoms with Gasteiger partial charge in [-0.1, -0.05) is 0 Å². The lowest BCUT2D eigenvalue weighted by atomic mass is 10.2. The zero-order chi connectivity index (χ0) is 13.6. The van der Waals surface area contributed by atoms with E-state index >= 15 is 0 Å². The Morgan fingerprint density at radius 1 is 1.26 bits per heavy atom. The highest BCUT2D eigenvalue weighted by Crippen LogP contribution is 2.46. The Bertz CT molecular complexity index is 620. The zero-order valence-corrected chi connectivity index (χ0v) is 11.5. The highest BCUT2D eigenvalue weighted by molar-refractivity contribution is 5.37. The number of hydrogen-bond donors (Lipinski definition) is 1. The summed E-state index contributed by atoms with van der Waals surface area (Å²) < 4.78 is 1.85. The standard InChI is InChI=1S/C14H18N4O/c1-8-4-12(18-10(3)16-9(2)17-18)6-14(15-8)13-5-11(13)7-19/h4,6,11,13,19H,5,7H2,1-3H3. The van der Waals surface area contributed by atoms with Crippen LogP contribution in [0.1, 0.15) is 35.4 Å². The fourth-order valence-corrected chi connectivity index (χ4v) is 2.56. The van der Waals surface area contributed by atoms with Gasteiger partial charge in [0, 0.05) is 23.9 Å². The van der Waals surface area contributed by atoms with Gasteiger partial charge in [-0.3, -0.25) is 4.98 Å². The third-order valence-corrected chi connectivity index (χ3v) is 3.61. The third kappa shape index (κ3) is 2.26. The molecule has 1 saturated carbocycles. The monoisotopic (exact) mass is 258 g/mol. The molecule has 0 aromatic carbocycles. The summed E-state index contributed by atoms with van der Waals surface area (Å²) in [5.41, 5.74) is 3.04. The Hall–Kier alpha value is -1.75. The van der Waals surface area contributed by atoms with Gasteiger partial charge < -0.3 is 5.11 Å². The van der Waals surface area contributed by atoms with Crippen molar-refractivity contribution in [2.45, 2.75) is 33.1 Å². The molecule has 0 saturated heterocycles. The molecule has 2 aromatic rings. The van der Waals surface area contributed by atoms with Gasteiger partial charge in [0.15, 0.2) is 0 Å². The number of rotatable bonds is 3. The molecule has 19 heavy (non-hydrogen) atoms. The highest BCUT2D eigenvalue weighted by Gasteiger charge is 2.39. The molecule has 0 radical (unpaired) electrons. The first-order valence-electron chi connectivity index (χ1n) is 6.58. The molecule has 2 unspecified atom stereocenters. The Labute approximate surface area is 112 Å². The van der Waals surface area contributed by atoms with Gasteiger partial charge in [0.25, 0.3) is 0 Å². The molecular weight excluding hydrogens is 240 g/mol. The smallest absolute Gasteiger partial charge is 0.148 e. The lowest BCUT2D eigenvalue weighted by Gasteiger charge is -2.07. The minimum absolute atomic E-state index is 0.247. The molecule has 2 heterocycles. The summed E-state index contributed by atoms with van der Waals surface area (Å²) in [5, 5.41) is 13.6. The molecule has 0 spiro atoms. The lowest BCUT2D eigenvalue weighted by Crippen LogP contribution is -2.03. The van der Waals surface area contributed by atoms with Crippen molar-refractivity contribution >= 4 is 0 Å². The molecule has 2 atom stereocenters. The number of aliphatic hydroxyl groups is 1. The summed E-state index contributed by atoms with van der Waals surface area (Å²) in [4.78, 5) is 8.91. The molecule has 1 N–H and O–H groups in total. The number of aliphatic hydroxyl groups excluding tert-OH is 1. The average molecular weight is 258 g/mol. The number of aromatic nitrogens is 4. The summed E-state index contributed by atoms with van der Waals surface area (Å²) in [5.74, 6) is 2.42. The topological polar surface area (TPSA) is 63.8 Å². The van der Waals surface area contributed by atoms with Gasteiger partial charge in [0.05, 0.1) is 5.69 Å². The molecule has 5 nitrogen and oxygen atoms in total. The van der Waals surface area contributed by atoms with Gasteiger partial charge >= 0.3 is 0 Å². The Morgan fingerprint density at radius 2 is 2.05 bits per heavy atom. The molecule has 5 heteroatoms. The number of pyridine rings is 1. The maximum Gasteiger partial charge on any atom is 0.148 e. The van der Waals surface area contributed by atoms with E-state index in [1.807, 2.05) is 31.5 Å². The van der Waals surface area contributed by atoms with E-state index in [9.17, 15) is 5.11 Å². The van der Waals surface area contributed by atoms with E-state index in [1.54, 1.807) is 0 Å². The third-order valence-electron chi connectivity index (χ3n) is 3.61. The van der Waals surface area contributed by atoms with E-state index in [-0.39, 0.29) is 6.61 Å². The average Bonchev–Trinajstić information content (AvgIpc) is 3.07. The molecule has 0 bridgehead atoms. The number of aryl methyl sites for hydroxylation is 3. The van der Waals surface area contributed by atoms with Crippen molar-refractivity contribution in [3.63, 3.8) is 0 Å². The minimum Gasteiger partial charge on any atom is -0.396 e. The van der Waals surface area contributed by atoms with Crippen LogP contribution in [0.2, 0.25) is 0 Å². The fraction of sp³-hybridized carbons (Fsp3) is 0.500. The first-order valence-corrected chi connectivity index (χ1v) is 6.58. The van der Waals surface area contributed by atoms with E-state index in [1.165, 1.54) is 0 Å². The SMILES string of the molecule is Cc1cc(-n2nc(C)nc2C)cc(C2CC2CO)n1. The summed E-state index contributed by atoms with van der Waals surface area (Å²) in [6.45, 7) is 6.07. The first-order chi connectivity index (χ1) is 9.08. The van der Waals surface area contributed by atoms with E-state index in [0.717, 1.165) is 35.1 Å². The second-order valence-electron chi connectivity index (χ2n) is 5.29. The van der Waals surface area contributed by atoms with Crippen LogP contribution in [-0.4, -0.2) is 31.5 Å². The molecule has 1 aliphatic rings. The van der Waals surface area contributed by atoms with Crippen LogP contribution in [0.4, 0.5) is 0 Å². The van der Waals surface area contributed by atoms with Gasteiger partial charge in [-0.2, -0.15) is 5.10 Å². The van der Waals surface area contributed by atoms with E-state index in [4.69, 9.17) is 0 Å². The summed E-state index contributed by atoms with van der Waals surface area (Å²) in [7, 11) is 0. The summed E-state index contributed by atoms with van der Waals surface area (Å²) in [6.07, 6.45) is 1.03. The van der Waals surface area contributed by atoms with Crippen molar-refractivity contribution in [2.24, 2.45) is 5.92 Å². The maximum atomic E-state index is 9.19. The van der Waals surface area contributed by atoms with E-state index in [0.29, 0.717) is 11.8 Å². The van der Waals surface area contributed by atoms with Gasteiger partial charge in [-0.25, -0.2) is 9.67 Å². The van der Waals surface area contributed by atoms with Crippen LogP contribution in [-0.2, 0) is 0 Å². The van der Waals surface area contributed by atoms with Crippen molar-refractivity contribution < 1.29 is 5.11 Å². The summed E-state index contributed by atoms with van der Waals surface area (Å²) >= 11 is 0. The van der Waals surface area contributed by atoms with E-state index < -0.39 is 0 Å². The second kappa shape index (κ2) is 4.42. The largest absolute Gasteiger partial charge is 0.396 e. The second-order valence-corrected chi connectivity index (χ2v) is 5.29. The van der Waals surface area contributed by atoms with Gasteiger partial charge in [-0.15, -0.1) is 0 Å². The van der Waals surface area contributed by atoms with Crippen LogP contribution in [0.25, 0.3) is 5.69 Å². The van der Waals surface area contributed by atoms with Crippen molar-refractivity contribution in [3.05, 3.63) is 35.2 Å². The van der Waals surface area contributed by atoms with Crippen molar-refractivity contribution in [3.8, 4) is 5.69 Å². The minimum atomic E-state index is 0.247. The predicted molar refractivity (Wildman–Crippen MR) is 71.3 cm³/mol. The molecule has 1 fully saturated rings. The number of hydrogen-bond acceptors (Lipinski definition) is 4. The lowest BCUT2D eigenvalue weighted by molar-refractivity contribution is 0.273. The Balaban J connectivity index is 2.01. The summed E-state index contributed by atoms with van der Waals surface area (Å²) in [6, 6.07) is 4.08. The molecule has 3 rings (SSSR count). The molecule has 2 aromatic heterocycles. The van der Waals surface area contributed by atoms with Crippen molar-refractivity contribution in [1.82, 2.24) is 19.7 Å². The van der Waals surface area contributed by atoms with Crippen molar-refractivity contribution in [1.29, 1.82) is 0 Å². The van der Waals surface area contributed by atoms with Crippen molar-refractivity contribution in [2.75, 3.05) is 6.61 Å². The van der Waals surface area contributed by atoms with Crippen LogP contribution in [0.3, 0.4) is 0 Å². The van der Waals surface area contributed by atoms with Crippen LogP contribution in [0, 0.1) is 26.7 Å². The maximum absolute atomic E-state index is 9.19. The quantitative estimate of drug-likeness (QED) is 0.909. The normalized spacial score (nSPS) is 21.7. The predicted octanol–water partition coefficient (Wildman–Crippen LogP) is 1.68. The first kappa shape index (κ1) is 12.3. The fourth-order valence-electron chi connectivity index (χ4n) is 2.56. The highest BCUT2D eigenvalue weighted by atomic mass is 16.3. The number of nitrogens with zero attached hydrogens (tertiary/aromatic N) is 4. The van der Waals surface area contributed by atoms with Gasteiger partial charge in [0.2, 0.25) is 0 Å². The van der Waals surface area contributed by atoms with Crippen LogP contribution in [0.5, 0.6) is 0 Å². The van der Waals surface area contributed by atoms with Crippen LogP contribution < -0.4 is 0 Å². The van der Waals surface area contributed by atoms with Gasteiger partial charge in [0.1, 0.15) is 11.6 Å². The molecule has 0 aliphatic heterocycles. The Kier molecular flexibility index (Phi) is 2.86. The van der Waals surface area contributed by atoms with E-state index in [2.05, 4.69) is 21.1 Å².